The lowest BCUT2D eigenvalue weighted by Gasteiger charge is -2.01. The fraction of sp³-hybridized carbons (Fsp3) is 0.133. The van der Waals surface area contributed by atoms with E-state index in [1.807, 2.05) is 30.5 Å². The summed E-state index contributed by atoms with van der Waals surface area (Å²) < 4.78 is 32.9. The van der Waals surface area contributed by atoms with Gasteiger partial charge in [0.25, 0.3) is 10.0 Å². The van der Waals surface area contributed by atoms with Gasteiger partial charge >= 0.3 is 0 Å². The molecular formula is C15H15NO3S2. The molecule has 0 spiro atoms. The molecule has 0 saturated carbocycles. The molecule has 0 radical (unpaired) electrons. The van der Waals surface area contributed by atoms with E-state index >= 15 is 0 Å². The van der Waals surface area contributed by atoms with Gasteiger partial charge < -0.3 is 4.74 Å². The highest BCUT2D eigenvalue weighted by Gasteiger charge is 2.11. The van der Waals surface area contributed by atoms with Crippen molar-refractivity contribution in [2.45, 2.75) is 9.79 Å². The molecule has 0 N–H and O–H groups in total. The van der Waals surface area contributed by atoms with E-state index in [-0.39, 0.29) is 4.90 Å². The molecule has 2 aromatic rings. The molecule has 2 rings (SSSR count). The fourth-order valence-electron chi connectivity index (χ4n) is 1.63. The molecule has 0 bridgehead atoms. The van der Waals surface area contributed by atoms with Crippen LogP contribution in [0.2, 0.25) is 0 Å². The van der Waals surface area contributed by atoms with Crippen LogP contribution in [0, 0.1) is 0 Å². The molecule has 0 aliphatic heterocycles. The van der Waals surface area contributed by atoms with E-state index in [0.29, 0.717) is 5.75 Å². The van der Waals surface area contributed by atoms with Gasteiger partial charge in [-0.1, -0.05) is 12.1 Å². The number of thioether (sulfide) groups is 1. The summed E-state index contributed by atoms with van der Waals surface area (Å²) in [5, 5.41) is 0. The van der Waals surface area contributed by atoms with Crippen molar-refractivity contribution in [2.24, 2.45) is 4.40 Å². The Balaban J connectivity index is 2.20. The van der Waals surface area contributed by atoms with E-state index in [4.69, 9.17) is 4.74 Å². The zero-order valence-electron chi connectivity index (χ0n) is 11.7. The Morgan fingerprint density at radius 1 is 1.05 bits per heavy atom. The molecule has 0 aliphatic rings. The average molecular weight is 321 g/mol. The van der Waals surface area contributed by atoms with Gasteiger partial charge in [0.05, 0.1) is 12.0 Å². The first-order valence-corrected chi connectivity index (χ1v) is 8.80. The van der Waals surface area contributed by atoms with Gasteiger partial charge in [-0.15, -0.1) is 11.8 Å². The molecule has 0 heterocycles. The Morgan fingerprint density at radius 2 is 1.67 bits per heavy atom. The molecule has 21 heavy (non-hydrogen) atoms. The van der Waals surface area contributed by atoms with Gasteiger partial charge in [-0.05, 0) is 48.2 Å². The lowest BCUT2D eigenvalue weighted by Crippen LogP contribution is -1.98. The molecule has 6 heteroatoms. The molecule has 0 fully saturated rings. The van der Waals surface area contributed by atoms with Crippen molar-refractivity contribution in [3.05, 3.63) is 54.1 Å². The maximum atomic E-state index is 12.1. The summed E-state index contributed by atoms with van der Waals surface area (Å²) in [7, 11) is -2.16. The van der Waals surface area contributed by atoms with Gasteiger partial charge in [-0.3, -0.25) is 0 Å². The minimum Gasteiger partial charge on any atom is -0.497 e. The molecule has 0 aromatic heterocycles. The number of hydrogen-bond acceptors (Lipinski definition) is 4. The second-order valence-corrected chi connectivity index (χ2v) is 6.67. The van der Waals surface area contributed by atoms with E-state index < -0.39 is 10.0 Å². The van der Waals surface area contributed by atoms with Crippen molar-refractivity contribution in [1.29, 1.82) is 0 Å². The molecule has 0 amide bonds. The number of ether oxygens (including phenoxy) is 1. The third kappa shape index (κ3) is 4.09. The van der Waals surface area contributed by atoms with Crippen LogP contribution in [0.25, 0.3) is 0 Å². The molecule has 0 atom stereocenters. The fourth-order valence-corrected chi connectivity index (χ4v) is 2.90. The van der Waals surface area contributed by atoms with E-state index in [1.54, 1.807) is 23.9 Å². The second kappa shape index (κ2) is 6.78. The second-order valence-electron chi connectivity index (χ2n) is 4.16. The molecule has 4 nitrogen and oxygen atoms in total. The third-order valence-electron chi connectivity index (χ3n) is 2.81. The standard InChI is InChI=1S/C15H15NO3S2/c1-19-13-5-9-15(10-6-13)21(17,18)16-11-12-3-7-14(20-2)8-4-12/h3-11H,1-2H3. The van der Waals surface area contributed by atoms with Crippen molar-refractivity contribution in [2.75, 3.05) is 13.4 Å². The predicted molar refractivity (Wildman–Crippen MR) is 86.0 cm³/mol. The largest absolute Gasteiger partial charge is 0.497 e. The van der Waals surface area contributed by atoms with Gasteiger partial charge in [0.15, 0.2) is 0 Å². The lowest BCUT2D eigenvalue weighted by atomic mass is 10.2. The van der Waals surface area contributed by atoms with Crippen molar-refractivity contribution in [3.8, 4) is 5.75 Å². The highest BCUT2D eigenvalue weighted by Crippen LogP contribution is 2.18. The van der Waals surface area contributed by atoms with Gasteiger partial charge in [0, 0.05) is 11.1 Å². The summed E-state index contributed by atoms with van der Waals surface area (Å²) in [5.74, 6) is 0.602. The molecule has 0 aliphatic carbocycles. The van der Waals surface area contributed by atoms with E-state index in [2.05, 4.69) is 4.40 Å². The number of sulfonamides is 1. The minimum absolute atomic E-state index is 0.139. The summed E-state index contributed by atoms with van der Waals surface area (Å²) in [6.07, 6.45) is 3.33. The van der Waals surface area contributed by atoms with Crippen molar-refractivity contribution in [3.63, 3.8) is 0 Å². The van der Waals surface area contributed by atoms with Crippen LogP contribution < -0.4 is 4.74 Å². The van der Waals surface area contributed by atoms with Gasteiger partial charge in [-0.2, -0.15) is 12.8 Å². The van der Waals surface area contributed by atoms with Crippen molar-refractivity contribution < 1.29 is 13.2 Å². The SMILES string of the molecule is COc1ccc(S(=O)(=O)N=Cc2ccc(SC)cc2)cc1. The first kappa shape index (κ1) is 15.6. The molecule has 2 aromatic carbocycles. The van der Waals surface area contributed by atoms with Gasteiger partial charge in [0.1, 0.15) is 5.75 Å². The number of methoxy groups -OCH3 is 1. The Labute approximate surface area is 128 Å². The van der Waals surface area contributed by atoms with Gasteiger partial charge in [-0.25, -0.2) is 0 Å². The van der Waals surface area contributed by atoms with Crippen molar-refractivity contribution >= 4 is 28.0 Å². The van der Waals surface area contributed by atoms with Crippen LogP contribution in [0.5, 0.6) is 5.75 Å². The van der Waals surface area contributed by atoms with Crippen LogP contribution in [-0.4, -0.2) is 28.0 Å². The number of hydrogen-bond donors (Lipinski definition) is 0. The Kier molecular flexibility index (Phi) is 5.03. The predicted octanol–water partition coefficient (Wildman–Crippen LogP) is 3.22. The first-order chi connectivity index (χ1) is 10.0. The van der Waals surface area contributed by atoms with Crippen molar-refractivity contribution in [1.82, 2.24) is 0 Å². The molecule has 0 unspecified atom stereocenters. The lowest BCUT2D eigenvalue weighted by molar-refractivity contribution is 0.414. The first-order valence-electron chi connectivity index (χ1n) is 6.13. The Morgan fingerprint density at radius 3 is 2.19 bits per heavy atom. The Bertz CT molecular complexity index is 721. The maximum absolute atomic E-state index is 12.1. The summed E-state index contributed by atoms with van der Waals surface area (Å²) in [6.45, 7) is 0. The summed E-state index contributed by atoms with van der Waals surface area (Å²) in [6, 6.07) is 13.6. The smallest absolute Gasteiger partial charge is 0.282 e. The number of rotatable bonds is 5. The van der Waals surface area contributed by atoms with Crippen LogP contribution in [0.15, 0.2) is 62.7 Å². The zero-order chi connectivity index (χ0) is 15.3. The number of benzene rings is 2. The van der Waals surface area contributed by atoms with Crippen LogP contribution in [0.4, 0.5) is 0 Å². The topological polar surface area (TPSA) is 55.7 Å². The Hall–Kier alpha value is -1.79. The van der Waals surface area contributed by atoms with Crippen LogP contribution in [-0.2, 0) is 10.0 Å². The zero-order valence-corrected chi connectivity index (χ0v) is 13.3. The highest BCUT2D eigenvalue weighted by atomic mass is 32.2. The quantitative estimate of drug-likeness (QED) is 0.627. The summed E-state index contributed by atoms with van der Waals surface area (Å²) in [4.78, 5) is 1.26. The van der Waals surface area contributed by atoms with Gasteiger partial charge in [0.2, 0.25) is 0 Å². The van der Waals surface area contributed by atoms with E-state index in [1.165, 1.54) is 25.5 Å². The van der Waals surface area contributed by atoms with E-state index in [9.17, 15) is 8.42 Å². The average Bonchev–Trinajstić information content (AvgIpc) is 2.53. The monoisotopic (exact) mass is 321 g/mol. The minimum atomic E-state index is -3.69. The highest BCUT2D eigenvalue weighted by molar-refractivity contribution is 7.98. The third-order valence-corrected chi connectivity index (χ3v) is 4.81. The molecule has 110 valence electrons. The van der Waals surface area contributed by atoms with Crippen LogP contribution in [0.1, 0.15) is 5.56 Å². The molecule has 0 saturated heterocycles. The maximum Gasteiger partial charge on any atom is 0.282 e. The number of nitrogens with zero attached hydrogens (tertiary/aromatic N) is 1. The normalized spacial score (nSPS) is 11.7. The summed E-state index contributed by atoms with van der Waals surface area (Å²) >= 11 is 1.63. The van der Waals surface area contributed by atoms with Crippen LogP contribution in [0.3, 0.4) is 0 Å². The molecular weight excluding hydrogens is 306 g/mol. The summed E-state index contributed by atoms with van der Waals surface area (Å²) in [5.41, 5.74) is 0.741. The van der Waals surface area contributed by atoms with E-state index in [0.717, 1.165) is 10.5 Å². The van der Waals surface area contributed by atoms with Crippen LogP contribution >= 0.6 is 11.8 Å².